The molecule has 1 aliphatic rings. The van der Waals surface area contributed by atoms with Crippen molar-refractivity contribution in [2.45, 2.75) is 44.9 Å². The van der Waals surface area contributed by atoms with E-state index < -0.39 is 19.0 Å². The molecule has 0 aliphatic carbocycles. The van der Waals surface area contributed by atoms with E-state index in [4.69, 9.17) is 5.11 Å². The summed E-state index contributed by atoms with van der Waals surface area (Å²) in [4.78, 5) is 31.6. The van der Waals surface area contributed by atoms with Crippen molar-refractivity contribution in [3.05, 3.63) is 48.6 Å². The second-order valence-corrected chi connectivity index (χ2v) is 8.74. The predicted molar refractivity (Wildman–Crippen MR) is 104 cm³/mol. The summed E-state index contributed by atoms with van der Waals surface area (Å²) in [6, 6.07) is 4.68. The summed E-state index contributed by atoms with van der Waals surface area (Å²) in [5.41, 5.74) is 2.30. The number of hydrogen-bond acceptors (Lipinski definition) is 3. The number of fused-ring (bicyclic) bond motifs is 1. The Morgan fingerprint density at radius 1 is 1.33 bits per heavy atom. The number of carbonyl (C=O) groups is 1. The molecule has 1 atom stereocenters. The molecule has 0 saturated heterocycles. The molecular weight excluding hydrogens is 365 g/mol. The van der Waals surface area contributed by atoms with Gasteiger partial charge in [-0.2, -0.15) is 4.58 Å². The van der Waals surface area contributed by atoms with Crippen LogP contribution in [0, 0.1) is 0 Å². The van der Waals surface area contributed by atoms with Crippen molar-refractivity contribution in [2.24, 2.45) is 0 Å². The lowest BCUT2D eigenvalue weighted by molar-refractivity contribution is -0.438. The average molecular weight is 391 g/mol. The summed E-state index contributed by atoms with van der Waals surface area (Å²) >= 11 is 0. The Kier molecular flexibility index (Phi) is 6.58. The normalized spacial score (nSPS) is 17.8. The Labute approximate surface area is 159 Å². The summed E-state index contributed by atoms with van der Waals surface area (Å²) in [7, 11) is -4.57. The van der Waals surface area contributed by atoms with Crippen molar-refractivity contribution in [3.8, 4) is 0 Å². The van der Waals surface area contributed by atoms with Gasteiger partial charge in [0.15, 0.2) is 13.3 Å². The van der Waals surface area contributed by atoms with Gasteiger partial charge in [-0.3, -0.25) is 4.79 Å². The molecule has 0 saturated carbocycles. The molecule has 2 rings (SSSR count). The smallest absolute Gasteiger partial charge is 0.303 e. The van der Waals surface area contributed by atoms with Gasteiger partial charge < -0.3 is 19.5 Å². The fraction of sp³-hybridized carbons (Fsp3) is 0.400. The van der Waals surface area contributed by atoms with Crippen molar-refractivity contribution in [1.29, 1.82) is 0 Å². The number of benzene rings is 1. The average Bonchev–Trinajstić information content (AvgIpc) is 2.78. The van der Waals surface area contributed by atoms with Gasteiger partial charge in [0.1, 0.15) is 6.54 Å². The number of allylic oxidation sites excluding steroid dienone is 3. The molecule has 1 aromatic carbocycles. The second-order valence-electron chi connectivity index (χ2n) is 7.18. The Hall–Kier alpha value is -2.01. The van der Waals surface area contributed by atoms with Crippen LogP contribution in [0.25, 0.3) is 0 Å². The molecule has 0 radical (unpaired) electrons. The maximum absolute atomic E-state index is 11.6. The number of hydrogen-bond donors (Lipinski definition) is 2. The third-order valence-corrected chi connectivity index (χ3v) is 5.80. The molecule has 0 amide bonds. The molecule has 1 heterocycles. The molecule has 1 unspecified atom stereocenters. The highest BCUT2D eigenvalue weighted by molar-refractivity contribution is 7.58. The molecule has 6 nitrogen and oxygen atoms in total. The van der Waals surface area contributed by atoms with Gasteiger partial charge in [0.2, 0.25) is 5.69 Å². The summed E-state index contributed by atoms with van der Waals surface area (Å²) < 4.78 is 13.7. The maximum Gasteiger partial charge on any atom is 0.303 e. The Morgan fingerprint density at radius 2 is 2.04 bits per heavy atom. The first-order chi connectivity index (χ1) is 12.6. The lowest BCUT2D eigenvalue weighted by atomic mass is 9.81. The fourth-order valence-corrected chi connectivity index (χ4v) is 4.02. The first-order valence-electron chi connectivity index (χ1n) is 8.94. The van der Waals surface area contributed by atoms with E-state index in [1.54, 1.807) is 12.1 Å². The predicted octanol–water partition coefficient (Wildman–Crippen LogP) is 2.62. The summed E-state index contributed by atoms with van der Waals surface area (Å²) in [6.07, 6.45) is 7.87. The molecule has 0 bridgehead atoms. The van der Waals surface area contributed by atoms with E-state index in [-0.39, 0.29) is 11.7 Å². The SMILES string of the molecule is C=C/C=C/C1=[N+](CCCCCC(=O)O)c2ccc(P(=O)([O-])O)cc2C1(C)C. The van der Waals surface area contributed by atoms with Crippen LogP contribution < -0.4 is 10.2 Å². The first-order valence-corrected chi connectivity index (χ1v) is 10.5. The van der Waals surface area contributed by atoms with Crippen molar-refractivity contribution in [3.63, 3.8) is 0 Å². The first kappa shape index (κ1) is 21.3. The van der Waals surface area contributed by atoms with Crippen LogP contribution in [0.1, 0.15) is 45.1 Å². The minimum atomic E-state index is -4.57. The highest BCUT2D eigenvalue weighted by Gasteiger charge is 2.44. The van der Waals surface area contributed by atoms with Crippen molar-refractivity contribution >= 4 is 30.3 Å². The zero-order valence-electron chi connectivity index (χ0n) is 15.7. The minimum Gasteiger partial charge on any atom is -0.775 e. The Morgan fingerprint density at radius 3 is 2.63 bits per heavy atom. The highest BCUT2D eigenvalue weighted by Crippen LogP contribution is 2.41. The third kappa shape index (κ3) is 4.83. The fourth-order valence-electron chi connectivity index (χ4n) is 3.46. The van der Waals surface area contributed by atoms with Crippen molar-refractivity contribution in [2.75, 3.05) is 6.54 Å². The summed E-state index contributed by atoms with van der Waals surface area (Å²) in [5, 5.41) is 8.66. The van der Waals surface area contributed by atoms with Gasteiger partial charge in [0.05, 0.1) is 5.41 Å². The molecule has 146 valence electrons. The second kappa shape index (κ2) is 8.34. The number of aliphatic carboxylic acids is 1. The van der Waals surface area contributed by atoms with Crippen LogP contribution in [0.4, 0.5) is 5.69 Å². The van der Waals surface area contributed by atoms with Crippen LogP contribution >= 0.6 is 7.60 Å². The van der Waals surface area contributed by atoms with E-state index in [1.165, 1.54) is 12.1 Å². The topological polar surface area (TPSA) is 101 Å². The molecule has 7 heteroatoms. The number of carboxylic acid groups (broad SMARTS) is 1. The molecule has 2 N–H and O–H groups in total. The van der Waals surface area contributed by atoms with E-state index in [2.05, 4.69) is 11.2 Å². The largest absolute Gasteiger partial charge is 0.775 e. The molecule has 1 aliphatic heterocycles. The lowest BCUT2D eigenvalue weighted by Crippen LogP contribution is -2.28. The van der Waals surface area contributed by atoms with Gasteiger partial charge in [-0.1, -0.05) is 18.7 Å². The molecule has 0 fully saturated rings. The Balaban J connectivity index is 2.37. The van der Waals surface area contributed by atoms with Gasteiger partial charge in [0.25, 0.3) is 0 Å². The van der Waals surface area contributed by atoms with E-state index >= 15 is 0 Å². The zero-order chi connectivity index (χ0) is 20.2. The van der Waals surface area contributed by atoms with Crippen LogP contribution in [-0.4, -0.2) is 32.8 Å². The van der Waals surface area contributed by atoms with Crippen LogP contribution in [0.2, 0.25) is 0 Å². The molecule has 0 aromatic heterocycles. The van der Waals surface area contributed by atoms with Gasteiger partial charge in [0, 0.05) is 35.9 Å². The Bertz CT molecular complexity index is 848. The molecule has 0 spiro atoms. The number of unbranched alkanes of at least 4 members (excludes halogenated alkanes) is 2. The lowest BCUT2D eigenvalue weighted by Gasteiger charge is -2.19. The molecule has 27 heavy (non-hydrogen) atoms. The quantitative estimate of drug-likeness (QED) is 0.292. The third-order valence-electron chi connectivity index (χ3n) is 4.86. The zero-order valence-corrected chi connectivity index (χ0v) is 16.6. The summed E-state index contributed by atoms with van der Waals surface area (Å²) in [5.74, 6) is -0.789. The molecule has 1 aromatic rings. The van der Waals surface area contributed by atoms with Gasteiger partial charge in [-0.25, -0.2) is 0 Å². The van der Waals surface area contributed by atoms with Crippen molar-refractivity contribution in [1.82, 2.24) is 0 Å². The minimum absolute atomic E-state index is 0.0929. The van der Waals surface area contributed by atoms with E-state index in [1.807, 2.05) is 26.0 Å². The van der Waals surface area contributed by atoms with Crippen LogP contribution in [0.15, 0.2) is 43.0 Å². The van der Waals surface area contributed by atoms with Gasteiger partial charge in [-0.15, -0.1) is 0 Å². The number of carboxylic acids is 1. The number of rotatable bonds is 9. The van der Waals surface area contributed by atoms with Gasteiger partial charge in [-0.05, 0) is 38.8 Å². The van der Waals surface area contributed by atoms with Gasteiger partial charge >= 0.3 is 5.97 Å². The maximum atomic E-state index is 11.6. The van der Waals surface area contributed by atoms with Crippen LogP contribution in [-0.2, 0) is 14.8 Å². The van der Waals surface area contributed by atoms with Crippen LogP contribution in [0.5, 0.6) is 0 Å². The molecular formula is C20H26NO5P. The standard InChI is InChI=1S/C20H26NO5P/c1-4-5-9-18-20(2,3)16-14-15(27(24,25)26)11-12-17(16)21(18)13-8-6-7-10-19(22)23/h4-5,9,11-12,14H,1,6-8,10,13H2,2-3H3,(H2-,22,23,24,25,26)/b9-5+. The summed E-state index contributed by atoms with van der Waals surface area (Å²) in [6.45, 7) is 8.42. The number of nitrogens with zero attached hydrogens (tertiary/aromatic N) is 1. The van der Waals surface area contributed by atoms with Crippen molar-refractivity contribution < 1.29 is 28.8 Å². The van der Waals surface area contributed by atoms with E-state index in [0.29, 0.717) is 13.0 Å². The highest BCUT2D eigenvalue weighted by atomic mass is 31.2. The van der Waals surface area contributed by atoms with Crippen LogP contribution in [0.3, 0.4) is 0 Å². The van der Waals surface area contributed by atoms with E-state index in [0.717, 1.165) is 29.8 Å². The van der Waals surface area contributed by atoms with E-state index in [9.17, 15) is 19.1 Å². The monoisotopic (exact) mass is 391 g/mol.